The van der Waals surface area contributed by atoms with Crippen LogP contribution in [0.1, 0.15) is 38.9 Å². The van der Waals surface area contributed by atoms with Gasteiger partial charge in [-0.3, -0.25) is 0 Å². The van der Waals surface area contributed by atoms with Crippen molar-refractivity contribution in [1.29, 1.82) is 0 Å². The van der Waals surface area contributed by atoms with Crippen molar-refractivity contribution in [1.82, 2.24) is 0 Å². The van der Waals surface area contributed by atoms with E-state index in [-0.39, 0.29) is 13.2 Å². The zero-order chi connectivity index (χ0) is 44.3. The second kappa shape index (κ2) is 20.6. The molecule has 6 aromatic rings. The van der Waals surface area contributed by atoms with E-state index >= 15 is 0 Å². The molecule has 0 saturated heterocycles. The first-order valence-electron chi connectivity index (χ1n) is 18.6. The number of hydrogen-bond donors (Lipinski definition) is 2. The van der Waals surface area contributed by atoms with Crippen LogP contribution in [0.25, 0.3) is 22.3 Å². The van der Waals surface area contributed by atoms with Crippen LogP contribution in [0.2, 0.25) is 0 Å². The van der Waals surface area contributed by atoms with Crippen molar-refractivity contribution in [3.8, 4) is 33.8 Å². The molecule has 0 atom stereocenters. The van der Waals surface area contributed by atoms with Gasteiger partial charge in [-0.15, -0.1) is 23.5 Å². The van der Waals surface area contributed by atoms with E-state index in [1.807, 2.05) is 87.5 Å². The van der Waals surface area contributed by atoms with Crippen LogP contribution >= 0.6 is 23.5 Å². The lowest BCUT2D eigenvalue weighted by Crippen LogP contribution is -2.09. The summed E-state index contributed by atoms with van der Waals surface area (Å²) in [5.41, 5.74) is 6.78. The first-order chi connectivity index (χ1) is 28.8. The molecule has 0 aliphatic rings. The number of aryl methyl sites for hydroxylation is 3. The highest BCUT2D eigenvalue weighted by molar-refractivity contribution is 7.98. The van der Waals surface area contributed by atoms with Gasteiger partial charge in [0, 0.05) is 21.3 Å². The first kappa shape index (κ1) is 46.2. The fourth-order valence-electron chi connectivity index (χ4n) is 5.90. The average Bonchev–Trinajstić information content (AvgIpc) is 3.21. The molecule has 14 heteroatoms. The highest BCUT2D eigenvalue weighted by Gasteiger charge is 2.30. The third-order valence-corrected chi connectivity index (χ3v) is 11.3. The van der Waals surface area contributed by atoms with Crippen LogP contribution in [0.3, 0.4) is 0 Å². The molecule has 0 heterocycles. The van der Waals surface area contributed by atoms with Crippen molar-refractivity contribution in [3.63, 3.8) is 0 Å². The summed E-state index contributed by atoms with van der Waals surface area (Å²) in [5, 5.41) is 17.4. The molecule has 318 valence electrons. The van der Waals surface area contributed by atoms with Crippen LogP contribution in [0.15, 0.2) is 137 Å². The lowest BCUT2D eigenvalue weighted by molar-refractivity contribution is -0.140. The molecule has 0 aromatic heterocycles. The molecule has 0 aliphatic heterocycles. The summed E-state index contributed by atoms with van der Waals surface area (Å²) in [6, 6.07) is 35.0. The van der Waals surface area contributed by atoms with Crippen molar-refractivity contribution in [2.24, 2.45) is 0 Å². The minimum Gasteiger partial charge on any atom is -0.482 e. The van der Waals surface area contributed by atoms with Gasteiger partial charge in [-0.25, -0.2) is 9.59 Å². The molecule has 0 fully saturated rings. The van der Waals surface area contributed by atoms with Crippen LogP contribution in [0.4, 0.5) is 26.3 Å². The first-order valence-corrected chi connectivity index (χ1v) is 20.5. The minimum absolute atomic E-state index is 0.385. The Balaban J connectivity index is 0.000000231. The number of rotatable bonds is 14. The lowest BCUT2D eigenvalue weighted by Gasteiger charge is -2.12. The fourth-order valence-corrected chi connectivity index (χ4v) is 7.90. The second-order valence-corrected chi connectivity index (χ2v) is 15.9. The van der Waals surface area contributed by atoms with Gasteiger partial charge in [0.2, 0.25) is 0 Å². The molecule has 61 heavy (non-hydrogen) atoms. The highest BCUT2D eigenvalue weighted by Crippen LogP contribution is 2.35. The minimum atomic E-state index is -4.35. The van der Waals surface area contributed by atoms with Crippen LogP contribution in [-0.2, 0) is 33.4 Å². The maximum atomic E-state index is 12.8. The topological polar surface area (TPSA) is 93.1 Å². The maximum Gasteiger partial charge on any atom is 0.416 e. The van der Waals surface area contributed by atoms with Crippen molar-refractivity contribution >= 4 is 35.5 Å². The molecule has 0 aliphatic carbocycles. The molecule has 0 spiro atoms. The van der Waals surface area contributed by atoms with E-state index in [1.54, 1.807) is 35.7 Å². The molecule has 0 saturated carbocycles. The number of ether oxygens (including phenoxy) is 2. The molecule has 0 radical (unpaired) electrons. The van der Waals surface area contributed by atoms with E-state index in [2.05, 4.69) is 0 Å². The predicted molar refractivity (Wildman–Crippen MR) is 226 cm³/mol. The number of alkyl halides is 6. The van der Waals surface area contributed by atoms with E-state index in [0.29, 0.717) is 23.0 Å². The summed E-state index contributed by atoms with van der Waals surface area (Å²) in [6.45, 7) is 4.94. The Hall–Kier alpha value is -5.86. The number of aliphatic carboxylic acids is 2. The summed E-state index contributed by atoms with van der Waals surface area (Å²) in [7, 11) is 0. The average molecular weight is 879 g/mol. The molecule has 0 unspecified atom stereocenters. The predicted octanol–water partition coefficient (Wildman–Crippen LogP) is 13.2. The Morgan fingerprint density at radius 1 is 0.508 bits per heavy atom. The van der Waals surface area contributed by atoms with Crippen LogP contribution in [0, 0.1) is 20.8 Å². The van der Waals surface area contributed by atoms with Crippen LogP contribution in [0.5, 0.6) is 11.5 Å². The van der Waals surface area contributed by atoms with E-state index in [4.69, 9.17) is 19.7 Å². The van der Waals surface area contributed by atoms with Gasteiger partial charge in [0.1, 0.15) is 11.5 Å². The maximum absolute atomic E-state index is 12.8. The van der Waals surface area contributed by atoms with Gasteiger partial charge < -0.3 is 19.7 Å². The summed E-state index contributed by atoms with van der Waals surface area (Å²) < 4.78 is 87.1. The van der Waals surface area contributed by atoms with Gasteiger partial charge in [0.15, 0.2) is 13.2 Å². The quantitative estimate of drug-likeness (QED) is 0.0826. The van der Waals surface area contributed by atoms with Crippen LogP contribution < -0.4 is 9.47 Å². The highest BCUT2D eigenvalue weighted by atomic mass is 32.2. The Bertz CT molecular complexity index is 2450. The van der Waals surface area contributed by atoms with Crippen molar-refractivity contribution in [2.75, 3.05) is 13.2 Å². The van der Waals surface area contributed by atoms with Gasteiger partial charge >= 0.3 is 24.3 Å². The third kappa shape index (κ3) is 13.8. The van der Waals surface area contributed by atoms with E-state index in [0.717, 1.165) is 84.1 Å². The summed E-state index contributed by atoms with van der Waals surface area (Å²) in [4.78, 5) is 23.3. The lowest BCUT2D eigenvalue weighted by atomic mass is 9.99. The SMILES string of the molecule is Cc1cc(SCc2cccc(-c3ccc(C(F)(F)F)cc3)c2)ccc1OCC(=O)O.Cc1ccc(-c2ccc(C(F)(F)F)cc2)cc1CSc1ccc(OCC(=O)O)c(C)c1. The zero-order valence-corrected chi connectivity index (χ0v) is 34.7. The number of benzene rings is 6. The number of carboxylic acids is 2. The van der Waals surface area contributed by atoms with E-state index in [1.165, 1.54) is 24.3 Å². The number of carboxylic acid groups (broad SMARTS) is 2. The van der Waals surface area contributed by atoms with Gasteiger partial charge in [-0.2, -0.15) is 26.3 Å². The van der Waals surface area contributed by atoms with Gasteiger partial charge in [-0.1, -0.05) is 66.7 Å². The second-order valence-electron chi connectivity index (χ2n) is 13.8. The number of hydrogen-bond acceptors (Lipinski definition) is 6. The molecule has 6 aromatic carbocycles. The standard InChI is InChI=1S/C24H21F3O3S.C23H19F3O3S/c1-15-3-4-18(17-5-7-20(8-6-17)24(25,26)27)12-19(15)14-31-21-9-10-22(16(2)11-21)30-13-23(28)29;1-15-11-20(9-10-21(15)29-13-22(27)28)30-14-16-3-2-4-18(12-16)17-5-7-19(8-6-17)23(24,25)26/h3-12H,13-14H2,1-2H3,(H,28,29);2-12H,13-14H2,1H3,(H,27,28). The molecule has 0 bridgehead atoms. The molecule has 2 N–H and O–H groups in total. The summed E-state index contributed by atoms with van der Waals surface area (Å²) in [6.07, 6.45) is -8.69. The zero-order valence-electron chi connectivity index (χ0n) is 33.1. The molecular weight excluding hydrogens is 839 g/mol. The summed E-state index contributed by atoms with van der Waals surface area (Å²) >= 11 is 3.23. The van der Waals surface area contributed by atoms with Crippen molar-refractivity contribution < 1.29 is 55.6 Å². The Kier molecular flexibility index (Phi) is 15.6. The normalized spacial score (nSPS) is 11.4. The van der Waals surface area contributed by atoms with Crippen molar-refractivity contribution in [3.05, 3.63) is 166 Å². The fraction of sp³-hybridized carbons (Fsp3) is 0.191. The Morgan fingerprint density at radius 2 is 0.951 bits per heavy atom. The number of thioether (sulfide) groups is 2. The smallest absolute Gasteiger partial charge is 0.416 e. The number of halogens is 6. The third-order valence-electron chi connectivity index (χ3n) is 9.16. The number of carbonyl (C=O) groups is 2. The van der Waals surface area contributed by atoms with Crippen molar-refractivity contribution in [2.45, 2.75) is 54.4 Å². The Morgan fingerprint density at radius 3 is 1.39 bits per heavy atom. The molecule has 6 nitrogen and oxygen atoms in total. The van der Waals surface area contributed by atoms with Gasteiger partial charge in [0.05, 0.1) is 11.1 Å². The molecule has 6 rings (SSSR count). The largest absolute Gasteiger partial charge is 0.482 e. The monoisotopic (exact) mass is 878 g/mol. The van der Waals surface area contributed by atoms with Gasteiger partial charge in [-0.05, 0) is 132 Å². The van der Waals surface area contributed by atoms with Gasteiger partial charge in [0.25, 0.3) is 0 Å². The van der Waals surface area contributed by atoms with E-state index < -0.39 is 35.4 Å². The Labute approximate surface area is 357 Å². The van der Waals surface area contributed by atoms with Crippen LogP contribution in [-0.4, -0.2) is 35.4 Å². The molecule has 0 amide bonds. The summed E-state index contributed by atoms with van der Waals surface area (Å²) in [5.74, 6) is 0.388. The van der Waals surface area contributed by atoms with E-state index in [9.17, 15) is 35.9 Å². The molecular formula is C47H40F6O6S2.